The highest BCUT2D eigenvalue weighted by atomic mass is 32.2. The minimum atomic E-state index is -3.53. The fraction of sp³-hybridized carbons (Fsp3) is 0.222. The Kier molecular flexibility index (Phi) is 5.34. The second-order valence-corrected chi connectivity index (χ2v) is 7.68. The van der Waals surface area contributed by atoms with E-state index in [9.17, 15) is 13.2 Å². The highest BCUT2D eigenvalue weighted by molar-refractivity contribution is 7.89. The van der Waals surface area contributed by atoms with Gasteiger partial charge in [-0.1, -0.05) is 24.3 Å². The summed E-state index contributed by atoms with van der Waals surface area (Å²) in [6.07, 6.45) is 3.17. The molecule has 3 rings (SSSR count). The Hall–Kier alpha value is -2.71. The first kappa shape index (κ1) is 18.1. The lowest BCUT2D eigenvalue weighted by Gasteiger charge is -2.09. The van der Waals surface area contributed by atoms with Crippen molar-refractivity contribution in [2.45, 2.75) is 13.1 Å². The van der Waals surface area contributed by atoms with Crippen LogP contribution in [0.2, 0.25) is 0 Å². The Morgan fingerprint density at radius 2 is 1.96 bits per heavy atom. The van der Waals surface area contributed by atoms with E-state index in [1.807, 2.05) is 12.1 Å². The molecule has 0 saturated heterocycles. The van der Waals surface area contributed by atoms with Crippen LogP contribution in [0.15, 0.2) is 59.7 Å². The number of benzene rings is 1. The van der Waals surface area contributed by atoms with Gasteiger partial charge in [0.25, 0.3) is 5.56 Å². The molecule has 0 spiro atoms. The lowest BCUT2D eigenvalue weighted by atomic mass is 10.2. The molecule has 7 nitrogen and oxygen atoms in total. The number of rotatable bonds is 7. The van der Waals surface area contributed by atoms with E-state index in [-0.39, 0.29) is 24.4 Å². The Morgan fingerprint density at radius 1 is 1.15 bits per heavy atom. The van der Waals surface area contributed by atoms with Gasteiger partial charge >= 0.3 is 0 Å². The SMILES string of the molecule is COc1ccc(CNS(=O)(=O)CCn2ccc3ccccc3c2=O)cn1. The lowest BCUT2D eigenvalue weighted by molar-refractivity contribution is 0.397. The zero-order valence-electron chi connectivity index (χ0n) is 14.3. The summed E-state index contributed by atoms with van der Waals surface area (Å²) in [5.41, 5.74) is 0.523. The Labute approximate surface area is 151 Å². The minimum absolute atomic E-state index is 0.0832. The average Bonchev–Trinajstić information content (AvgIpc) is 2.66. The molecule has 2 aromatic heterocycles. The standard InChI is InChI=1S/C18H19N3O4S/c1-25-17-7-6-14(12-19-17)13-20-26(23,24)11-10-21-9-8-15-4-2-3-5-16(15)18(21)22/h2-9,12,20H,10-11,13H2,1H3. The zero-order valence-corrected chi connectivity index (χ0v) is 15.1. The average molecular weight is 373 g/mol. The highest BCUT2D eigenvalue weighted by Gasteiger charge is 2.12. The van der Waals surface area contributed by atoms with Crippen molar-refractivity contribution in [3.05, 3.63) is 70.8 Å². The maximum absolute atomic E-state index is 12.4. The first-order valence-electron chi connectivity index (χ1n) is 8.03. The molecule has 0 aliphatic heterocycles. The van der Waals surface area contributed by atoms with Crippen LogP contribution in [0.25, 0.3) is 10.8 Å². The molecule has 8 heteroatoms. The van der Waals surface area contributed by atoms with Gasteiger partial charge in [-0.3, -0.25) is 4.79 Å². The van der Waals surface area contributed by atoms with E-state index in [2.05, 4.69) is 9.71 Å². The predicted molar refractivity (Wildman–Crippen MR) is 99.6 cm³/mol. The monoisotopic (exact) mass is 373 g/mol. The van der Waals surface area contributed by atoms with Gasteiger partial charge in [0.15, 0.2) is 0 Å². The van der Waals surface area contributed by atoms with Gasteiger partial charge in [-0.2, -0.15) is 0 Å². The van der Waals surface area contributed by atoms with E-state index < -0.39 is 10.0 Å². The van der Waals surface area contributed by atoms with E-state index in [1.54, 1.807) is 42.7 Å². The molecule has 0 saturated carbocycles. The molecular weight excluding hydrogens is 354 g/mol. The van der Waals surface area contributed by atoms with Crippen molar-refractivity contribution in [1.29, 1.82) is 0 Å². The number of sulfonamides is 1. The molecule has 26 heavy (non-hydrogen) atoms. The first-order valence-corrected chi connectivity index (χ1v) is 9.68. The van der Waals surface area contributed by atoms with E-state index in [0.29, 0.717) is 11.3 Å². The Morgan fingerprint density at radius 3 is 2.69 bits per heavy atom. The molecule has 1 N–H and O–H groups in total. The fourth-order valence-electron chi connectivity index (χ4n) is 2.53. The molecule has 0 aliphatic rings. The summed E-state index contributed by atoms with van der Waals surface area (Å²) in [5.74, 6) is 0.279. The normalized spacial score (nSPS) is 11.6. The second kappa shape index (κ2) is 7.67. The van der Waals surface area contributed by atoms with Crippen molar-refractivity contribution in [3.63, 3.8) is 0 Å². The Bertz CT molecular complexity index is 1060. The Balaban J connectivity index is 1.64. The maximum Gasteiger partial charge on any atom is 0.258 e. The van der Waals surface area contributed by atoms with Crippen LogP contribution in [0.3, 0.4) is 0 Å². The third kappa shape index (κ3) is 4.27. The number of hydrogen-bond donors (Lipinski definition) is 1. The fourth-order valence-corrected chi connectivity index (χ4v) is 3.49. The summed E-state index contributed by atoms with van der Waals surface area (Å²) in [7, 11) is -2.02. The summed E-state index contributed by atoms with van der Waals surface area (Å²) in [4.78, 5) is 16.4. The van der Waals surface area contributed by atoms with Crippen molar-refractivity contribution >= 4 is 20.8 Å². The summed E-state index contributed by atoms with van der Waals surface area (Å²) in [5, 5.41) is 1.41. The zero-order chi connectivity index (χ0) is 18.6. The number of pyridine rings is 2. The summed E-state index contributed by atoms with van der Waals surface area (Å²) < 4.78 is 33.3. The molecule has 136 valence electrons. The number of methoxy groups -OCH3 is 1. The van der Waals surface area contributed by atoms with Crippen molar-refractivity contribution in [2.24, 2.45) is 0 Å². The van der Waals surface area contributed by atoms with E-state index >= 15 is 0 Å². The van der Waals surface area contributed by atoms with Gasteiger partial charge in [0.05, 0.1) is 12.9 Å². The molecule has 3 aromatic rings. The summed E-state index contributed by atoms with van der Waals surface area (Å²) in [6, 6.07) is 12.4. The van der Waals surface area contributed by atoms with Crippen molar-refractivity contribution in [3.8, 4) is 5.88 Å². The number of aromatic nitrogens is 2. The van der Waals surface area contributed by atoms with Crippen LogP contribution in [0.5, 0.6) is 5.88 Å². The molecule has 1 aromatic carbocycles. The largest absolute Gasteiger partial charge is 0.481 e. The maximum atomic E-state index is 12.4. The molecule has 2 heterocycles. The molecule has 0 aliphatic carbocycles. The first-order chi connectivity index (χ1) is 12.5. The van der Waals surface area contributed by atoms with Crippen LogP contribution in [0, 0.1) is 0 Å². The van der Waals surface area contributed by atoms with E-state index in [0.717, 1.165) is 10.9 Å². The van der Waals surface area contributed by atoms with Gasteiger partial charge in [-0.05, 0) is 23.1 Å². The van der Waals surface area contributed by atoms with E-state index in [1.165, 1.54) is 11.7 Å². The van der Waals surface area contributed by atoms with Gasteiger partial charge in [0.1, 0.15) is 0 Å². The van der Waals surface area contributed by atoms with Crippen molar-refractivity contribution in [1.82, 2.24) is 14.3 Å². The summed E-state index contributed by atoms with van der Waals surface area (Å²) >= 11 is 0. The van der Waals surface area contributed by atoms with Crippen LogP contribution < -0.4 is 15.0 Å². The van der Waals surface area contributed by atoms with Gasteiger partial charge in [0.2, 0.25) is 15.9 Å². The van der Waals surface area contributed by atoms with Crippen LogP contribution >= 0.6 is 0 Å². The number of aryl methyl sites for hydroxylation is 1. The highest BCUT2D eigenvalue weighted by Crippen LogP contribution is 2.09. The number of fused-ring (bicyclic) bond motifs is 1. The molecule has 0 bridgehead atoms. The van der Waals surface area contributed by atoms with Crippen LogP contribution in [0.1, 0.15) is 5.56 Å². The quantitative estimate of drug-likeness (QED) is 0.678. The molecule has 0 atom stereocenters. The predicted octanol–water partition coefficient (Wildman–Crippen LogP) is 1.52. The molecule has 0 fully saturated rings. The van der Waals surface area contributed by atoms with E-state index in [4.69, 9.17) is 4.74 Å². The number of nitrogens with zero attached hydrogens (tertiary/aromatic N) is 2. The van der Waals surface area contributed by atoms with Gasteiger partial charge in [0, 0.05) is 36.9 Å². The lowest BCUT2D eigenvalue weighted by Crippen LogP contribution is -2.30. The second-order valence-electron chi connectivity index (χ2n) is 5.75. The van der Waals surface area contributed by atoms with Crippen molar-refractivity contribution < 1.29 is 13.2 Å². The van der Waals surface area contributed by atoms with Gasteiger partial charge < -0.3 is 9.30 Å². The van der Waals surface area contributed by atoms with Crippen molar-refractivity contribution in [2.75, 3.05) is 12.9 Å². The number of ether oxygens (including phenoxy) is 1. The third-order valence-corrected chi connectivity index (χ3v) is 5.29. The van der Waals surface area contributed by atoms with Gasteiger partial charge in [-0.15, -0.1) is 0 Å². The number of hydrogen-bond acceptors (Lipinski definition) is 5. The van der Waals surface area contributed by atoms with Crippen LogP contribution in [-0.2, 0) is 23.1 Å². The third-order valence-electron chi connectivity index (χ3n) is 3.99. The molecular formula is C18H19N3O4S. The molecule has 0 amide bonds. The molecule has 0 radical (unpaired) electrons. The number of nitrogens with one attached hydrogen (secondary N) is 1. The smallest absolute Gasteiger partial charge is 0.258 e. The summed E-state index contributed by atoms with van der Waals surface area (Å²) in [6.45, 7) is 0.214. The minimum Gasteiger partial charge on any atom is -0.481 e. The van der Waals surface area contributed by atoms with Crippen LogP contribution in [0.4, 0.5) is 0 Å². The topological polar surface area (TPSA) is 90.3 Å². The van der Waals surface area contributed by atoms with Gasteiger partial charge in [-0.25, -0.2) is 18.1 Å². The molecule has 0 unspecified atom stereocenters. The van der Waals surface area contributed by atoms with Crippen LogP contribution in [-0.4, -0.2) is 30.8 Å².